The lowest BCUT2D eigenvalue weighted by Crippen LogP contribution is -2.39. The Morgan fingerprint density at radius 1 is 1.53 bits per heavy atom. The number of carboxylic acid groups (broad SMARTS) is 1. The van der Waals surface area contributed by atoms with Gasteiger partial charge in [0.1, 0.15) is 0 Å². The molecule has 0 spiro atoms. The third-order valence-corrected chi connectivity index (χ3v) is 4.70. The van der Waals surface area contributed by atoms with Gasteiger partial charge in [-0.05, 0) is 36.6 Å². The van der Waals surface area contributed by atoms with E-state index in [2.05, 4.69) is 33.0 Å². The van der Waals surface area contributed by atoms with Crippen molar-refractivity contribution < 1.29 is 9.90 Å². The fourth-order valence-corrected chi connectivity index (χ4v) is 3.28. The Hall–Kier alpha value is -0.870. The van der Waals surface area contributed by atoms with Gasteiger partial charge in [0.2, 0.25) is 0 Å². The lowest BCUT2D eigenvalue weighted by atomic mass is 9.76. The van der Waals surface area contributed by atoms with Gasteiger partial charge in [0.15, 0.2) is 0 Å². The average molecular weight is 326 g/mol. The van der Waals surface area contributed by atoms with Gasteiger partial charge >= 0.3 is 5.97 Å². The molecular formula is C15H20BrNO2. The normalized spacial score (nSPS) is 24.0. The van der Waals surface area contributed by atoms with E-state index in [9.17, 15) is 9.90 Å². The number of halogens is 1. The first-order valence-corrected chi connectivity index (χ1v) is 7.43. The summed E-state index contributed by atoms with van der Waals surface area (Å²) in [5.41, 5.74) is 0.644. The van der Waals surface area contributed by atoms with E-state index in [0.29, 0.717) is 6.54 Å². The van der Waals surface area contributed by atoms with Crippen LogP contribution in [0, 0.1) is 11.3 Å². The molecule has 1 atom stereocenters. The summed E-state index contributed by atoms with van der Waals surface area (Å²) in [6.45, 7) is 6.35. The van der Waals surface area contributed by atoms with Crippen LogP contribution >= 0.6 is 15.9 Å². The van der Waals surface area contributed by atoms with E-state index < -0.39 is 11.4 Å². The van der Waals surface area contributed by atoms with E-state index >= 15 is 0 Å². The van der Waals surface area contributed by atoms with E-state index in [1.165, 1.54) is 5.56 Å². The SMILES string of the molecule is CC(C)C1(C(=O)O)CCN(Cc2cccc(Br)c2)C1. The maximum absolute atomic E-state index is 11.6. The van der Waals surface area contributed by atoms with Crippen molar-refractivity contribution in [1.82, 2.24) is 4.90 Å². The van der Waals surface area contributed by atoms with Crippen molar-refractivity contribution in [2.75, 3.05) is 13.1 Å². The average Bonchev–Trinajstić information content (AvgIpc) is 2.74. The number of nitrogens with zero attached hydrogens (tertiary/aromatic N) is 1. The van der Waals surface area contributed by atoms with Crippen LogP contribution in [0.2, 0.25) is 0 Å². The Morgan fingerprint density at radius 3 is 2.79 bits per heavy atom. The molecule has 1 aromatic rings. The zero-order valence-corrected chi connectivity index (χ0v) is 13.0. The second-order valence-corrected chi connectivity index (χ2v) is 6.62. The molecule has 0 bridgehead atoms. The van der Waals surface area contributed by atoms with Crippen molar-refractivity contribution in [2.24, 2.45) is 11.3 Å². The Kier molecular flexibility index (Phi) is 4.31. The van der Waals surface area contributed by atoms with Crippen LogP contribution in [0.1, 0.15) is 25.8 Å². The van der Waals surface area contributed by atoms with Gasteiger partial charge in [-0.2, -0.15) is 0 Å². The number of rotatable bonds is 4. The second-order valence-electron chi connectivity index (χ2n) is 5.71. The third kappa shape index (κ3) is 3.00. The van der Waals surface area contributed by atoms with Gasteiger partial charge in [0.05, 0.1) is 5.41 Å². The summed E-state index contributed by atoms with van der Waals surface area (Å²) in [5, 5.41) is 9.53. The van der Waals surface area contributed by atoms with E-state index in [-0.39, 0.29) is 5.92 Å². The van der Waals surface area contributed by atoms with Crippen molar-refractivity contribution in [3.63, 3.8) is 0 Å². The van der Waals surface area contributed by atoms with Crippen LogP contribution < -0.4 is 0 Å². The molecule has 1 aliphatic heterocycles. The van der Waals surface area contributed by atoms with Crippen molar-refractivity contribution in [3.8, 4) is 0 Å². The molecule has 0 aromatic heterocycles. The number of likely N-dealkylation sites (tertiary alicyclic amines) is 1. The first-order chi connectivity index (χ1) is 8.94. The Balaban J connectivity index is 2.08. The fourth-order valence-electron chi connectivity index (χ4n) is 2.84. The van der Waals surface area contributed by atoms with E-state index in [0.717, 1.165) is 24.0 Å². The number of benzene rings is 1. The van der Waals surface area contributed by atoms with Crippen molar-refractivity contribution in [1.29, 1.82) is 0 Å². The molecule has 1 aromatic carbocycles. The molecule has 0 saturated carbocycles. The number of hydrogen-bond donors (Lipinski definition) is 1. The predicted molar refractivity (Wildman–Crippen MR) is 78.9 cm³/mol. The summed E-state index contributed by atoms with van der Waals surface area (Å²) < 4.78 is 1.07. The molecule has 3 nitrogen and oxygen atoms in total. The first-order valence-electron chi connectivity index (χ1n) is 6.64. The standard InChI is InChI=1S/C15H20BrNO2/c1-11(2)15(14(18)19)6-7-17(10-15)9-12-4-3-5-13(16)8-12/h3-5,8,11H,6-7,9-10H2,1-2H3,(H,18,19). The summed E-state index contributed by atoms with van der Waals surface area (Å²) in [6, 6.07) is 8.20. The summed E-state index contributed by atoms with van der Waals surface area (Å²) in [4.78, 5) is 13.8. The van der Waals surface area contributed by atoms with E-state index in [1.54, 1.807) is 0 Å². The molecule has 1 saturated heterocycles. The van der Waals surface area contributed by atoms with E-state index in [1.807, 2.05) is 26.0 Å². The van der Waals surface area contributed by atoms with Crippen molar-refractivity contribution >= 4 is 21.9 Å². The van der Waals surface area contributed by atoms with E-state index in [4.69, 9.17) is 0 Å². The minimum Gasteiger partial charge on any atom is -0.481 e. The minimum atomic E-state index is -0.653. The number of carboxylic acids is 1. The van der Waals surface area contributed by atoms with Gasteiger partial charge in [0, 0.05) is 17.6 Å². The summed E-state index contributed by atoms with van der Waals surface area (Å²) in [5.74, 6) is -0.489. The number of hydrogen-bond acceptors (Lipinski definition) is 2. The van der Waals surface area contributed by atoms with Gasteiger partial charge in [-0.25, -0.2) is 0 Å². The van der Waals surface area contributed by atoms with Crippen LogP contribution in [-0.4, -0.2) is 29.1 Å². The molecule has 104 valence electrons. The summed E-state index contributed by atoms with van der Waals surface area (Å²) in [6.07, 6.45) is 0.744. The van der Waals surface area contributed by atoms with Gasteiger partial charge < -0.3 is 5.11 Å². The molecule has 1 unspecified atom stereocenters. The van der Waals surface area contributed by atoms with Gasteiger partial charge in [-0.1, -0.05) is 41.9 Å². The molecule has 1 heterocycles. The Bertz CT molecular complexity index is 475. The lowest BCUT2D eigenvalue weighted by molar-refractivity contribution is -0.151. The highest BCUT2D eigenvalue weighted by molar-refractivity contribution is 9.10. The third-order valence-electron chi connectivity index (χ3n) is 4.21. The fraction of sp³-hybridized carbons (Fsp3) is 0.533. The van der Waals surface area contributed by atoms with Crippen LogP contribution in [0.3, 0.4) is 0 Å². The molecular weight excluding hydrogens is 306 g/mol. The molecule has 0 radical (unpaired) electrons. The van der Waals surface area contributed by atoms with Crippen molar-refractivity contribution in [3.05, 3.63) is 34.3 Å². The molecule has 2 rings (SSSR count). The highest BCUT2D eigenvalue weighted by Gasteiger charge is 2.46. The van der Waals surface area contributed by atoms with Crippen molar-refractivity contribution in [2.45, 2.75) is 26.8 Å². The maximum Gasteiger partial charge on any atom is 0.311 e. The zero-order chi connectivity index (χ0) is 14.0. The lowest BCUT2D eigenvalue weighted by Gasteiger charge is -2.28. The second kappa shape index (κ2) is 5.63. The highest BCUT2D eigenvalue weighted by atomic mass is 79.9. The molecule has 19 heavy (non-hydrogen) atoms. The smallest absolute Gasteiger partial charge is 0.311 e. The zero-order valence-electron chi connectivity index (χ0n) is 11.4. The minimum absolute atomic E-state index is 0.164. The first kappa shape index (κ1) is 14.5. The largest absolute Gasteiger partial charge is 0.481 e. The summed E-state index contributed by atoms with van der Waals surface area (Å²) >= 11 is 3.47. The van der Waals surface area contributed by atoms with Gasteiger partial charge in [-0.3, -0.25) is 9.69 Å². The molecule has 4 heteroatoms. The Labute approximate surface area is 122 Å². The molecule has 0 aliphatic carbocycles. The highest BCUT2D eigenvalue weighted by Crippen LogP contribution is 2.38. The van der Waals surface area contributed by atoms with Gasteiger partial charge in [-0.15, -0.1) is 0 Å². The Morgan fingerprint density at radius 2 is 2.26 bits per heavy atom. The predicted octanol–water partition coefficient (Wildman–Crippen LogP) is 3.38. The molecule has 1 aliphatic rings. The topological polar surface area (TPSA) is 40.5 Å². The van der Waals surface area contributed by atoms with Crippen LogP contribution in [0.5, 0.6) is 0 Å². The number of carbonyl (C=O) groups is 1. The molecule has 1 fully saturated rings. The van der Waals surface area contributed by atoms with Crippen LogP contribution in [0.25, 0.3) is 0 Å². The monoisotopic (exact) mass is 325 g/mol. The molecule has 0 amide bonds. The quantitative estimate of drug-likeness (QED) is 0.922. The van der Waals surface area contributed by atoms with Crippen LogP contribution in [0.4, 0.5) is 0 Å². The molecule has 1 N–H and O–H groups in total. The number of aliphatic carboxylic acids is 1. The van der Waals surface area contributed by atoms with Crippen LogP contribution in [-0.2, 0) is 11.3 Å². The van der Waals surface area contributed by atoms with Gasteiger partial charge in [0.25, 0.3) is 0 Å². The summed E-state index contributed by atoms with van der Waals surface area (Å²) in [7, 11) is 0. The maximum atomic E-state index is 11.6. The van der Waals surface area contributed by atoms with Crippen LogP contribution in [0.15, 0.2) is 28.7 Å².